The summed E-state index contributed by atoms with van der Waals surface area (Å²) in [6.07, 6.45) is 2.07. The summed E-state index contributed by atoms with van der Waals surface area (Å²) in [6, 6.07) is 3.74. The third-order valence-corrected chi connectivity index (χ3v) is 5.41. The van der Waals surface area contributed by atoms with Crippen molar-refractivity contribution in [2.75, 3.05) is 5.32 Å². The topological polar surface area (TPSA) is 81.2 Å². The highest BCUT2D eigenvalue weighted by Gasteiger charge is 2.37. The van der Waals surface area contributed by atoms with Crippen molar-refractivity contribution < 1.29 is 14.3 Å². The van der Waals surface area contributed by atoms with Gasteiger partial charge in [0, 0.05) is 29.4 Å². The van der Waals surface area contributed by atoms with E-state index in [4.69, 9.17) is 11.6 Å². The van der Waals surface area contributed by atoms with Crippen molar-refractivity contribution in [1.29, 1.82) is 0 Å². The molecule has 0 radical (unpaired) electrons. The number of fused-ring (bicyclic) bond motifs is 1. The van der Waals surface area contributed by atoms with Gasteiger partial charge in [0.1, 0.15) is 11.9 Å². The largest absolute Gasteiger partial charge is 0.386 e. The molecule has 0 spiro atoms. The number of carbonyl (C=O) groups is 1. The maximum absolute atomic E-state index is 13.3. The average molecular weight is 379 g/mol. The van der Waals surface area contributed by atoms with Crippen molar-refractivity contribution in [3.05, 3.63) is 46.0 Å². The molecular weight excluding hydrogens is 359 g/mol. The molecular formula is C18H20ClFN4O2. The van der Waals surface area contributed by atoms with E-state index in [0.717, 1.165) is 24.1 Å². The molecule has 4 rings (SSSR count). The highest BCUT2D eigenvalue weighted by Crippen LogP contribution is 2.42. The van der Waals surface area contributed by atoms with E-state index < -0.39 is 11.9 Å². The number of carbonyl (C=O) groups excluding carboxylic acids is 1. The van der Waals surface area contributed by atoms with Gasteiger partial charge in [0.15, 0.2) is 0 Å². The summed E-state index contributed by atoms with van der Waals surface area (Å²) >= 11 is 5.78. The fourth-order valence-corrected chi connectivity index (χ4v) is 3.60. The van der Waals surface area contributed by atoms with Crippen LogP contribution in [0.25, 0.3) is 0 Å². The Kier molecular flexibility index (Phi) is 4.36. The number of aromatic nitrogens is 2. The van der Waals surface area contributed by atoms with E-state index in [2.05, 4.69) is 15.5 Å². The Bertz CT molecular complexity index is 852. The van der Waals surface area contributed by atoms with Crippen LogP contribution < -0.4 is 5.32 Å². The van der Waals surface area contributed by atoms with E-state index >= 15 is 0 Å². The van der Waals surface area contributed by atoms with Crippen LogP contribution in [0.3, 0.4) is 0 Å². The molecule has 2 amide bonds. The molecule has 1 aromatic carbocycles. The number of rotatable bonds is 3. The van der Waals surface area contributed by atoms with E-state index in [-0.39, 0.29) is 23.0 Å². The van der Waals surface area contributed by atoms with Crippen molar-refractivity contribution in [2.45, 2.75) is 44.9 Å². The normalized spacial score (nSPS) is 20.6. The van der Waals surface area contributed by atoms with Crippen LogP contribution in [0, 0.1) is 11.7 Å². The lowest BCUT2D eigenvalue weighted by atomic mass is 9.97. The summed E-state index contributed by atoms with van der Waals surface area (Å²) in [7, 11) is 0. The Hall–Kier alpha value is -2.12. The van der Waals surface area contributed by atoms with Crippen LogP contribution >= 0.6 is 11.6 Å². The van der Waals surface area contributed by atoms with Crippen LogP contribution in [0.2, 0.25) is 5.02 Å². The summed E-state index contributed by atoms with van der Waals surface area (Å²) in [4.78, 5) is 14.4. The maximum atomic E-state index is 13.3. The van der Waals surface area contributed by atoms with Crippen LogP contribution in [0.4, 0.5) is 14.9 Å². The van der Waals surface area contributed by atoms with Gasteiger partial charge >= 0.3 is 6.03 Å². The number of urea groups is 1. The smallest absolute Gasteiger partial charge is 0.322 e. The fourth-order valence-electron chi connectivity index (χ4n) is 3.42. The number of hydrogen-bond donors (Lipinski definition) is 3. The number of aromatic amines is 1. The van der Waals surface area contributed by atoms with Crippen LogP contribution in [0.5, 0.6) is 0 Å². The minimum Gasteiger partial charge on any atom is -0.386 e. The van der Waals surface area contributed by atoms with Gasteiger partial charge in [0.05, 0.1) is 17.3 Å². The van der Waals surface area contributed by atoms with Crippen molar-refractivity contribution in [3.8, 4) is 0 Å². The molecule has 8 heteroatoms. The summed E-state index contributed by atoms with van der Waals surface area (Å²) in [5.74, 6) is -0.261. The Morgan fingerprint density at radius 1 is 1.50 bits per heavy atom. The number of aliphatic hydroxyl groups is 1. The molecule has 1 aliphatic carbocycles. The molecule has 138 valence electrons. The summed E-state index contributed by atoms with van der Waals surface area (Å²) in [5.41, 5.74) is 2.96. The van der Waals surface area contributed by atoms with Crippen molar-refractivity contribution in [3.63, 3.8) is 0 Å². The number of nitrogens with zero attached hydrogens (tertiary/aromatic N) is 2. The Morgan fingerprint density at radius 3 is 2.96 bits per heavy atom. The monoisotopic (exact) mass is 378 g/mol. The molecule has 2 atom stereocenters. The van der Waals surface area contributed by atoms with Crippen molar-refractivity contribution >= 4 is 23.3 Å². The first-order chi connectivity index (χ1) is 12.4. The van der Waals surface area contributed by atoms with E-state index in [9.17, 15) is 14.3 Å². The number of halogens is 2. The number of nitrogens with one attached hydrogen (secondary N) is 2. The number of H-pyrrole nitrogens is 1. The van der Waals surface area contributed by atoms with Crippen LogP contribution in [-0.4, -0.2) is 32.3 Å². The SMILES string of the molecule is CC1Cc2[nH]nc(C(O)C3CC3)c2CN1C(=O)Nc1ccc(F)c(Cl)c1. The summed E-state index contributed by atoms with van der Waals surface area (Å²) in [6.45, 7) is 2.32. The van der Waals surface area contributed by atoms with Crippen molar-refractivity contribution in [1.82, 2.24) is 15.1 Å². The van der Waals surface area contributed by atoms with Gasteiger partial charge in [-0.15, -0.1) is 0 Å². The third-order valence-electron chi connectivity index (χ3n) is 5.13. The maximum Gasteiger partial charge on any atom is 0.322 e. The second kappa shape index (κ2) is 6.55. The molecule has 2 unspecified atom stereocenters. The predicted molar refractivity (Wildman–Crippen MR) is 95.4 cm³/mol. The quantitative estimate of drug-likeness (QED) is 0.762. The molecule has 6 nitrogen and oxygen atoms in total. The lowest BCUT2D eigenvalue weighted by molar-refractivity contribution is 0.144. The summed E-state index contributed by atoms with van der Waals surface area (Å²) in [5, 5.41) is 20.5. The predicted octanol–water partition coefficient (Wildman–Crippen LogP) is 3.62. The molecule has 2 aliphatic rings. The minimum absolute atomic E-state index is 0.0372. The van der Waals surface area contributed by atoms with Gasteiger partial charge < -0.3 is 15.3 Å². The second-order valence-electron chi connectivity index (χ2n) is 7.09. The van der Waals surface area contributed by atoms with Gasteiger partial charge in [0.25, 0.3) is 0 Å². The Morgan fingerprint density at radius 2 is 2.27 bits per heavy atom. The Labute approximate surface area is 155 Å². The van der Waals surface area contributed by atoms with Gasteiger partial charge in [-0.1, -0.05) is 11.6 Å². The van der Waals surface area contributed by atoms with Gasteiger partial charge in [-0.05, 0) is 43.9 Å². The highest BCUT2D eigenvalue weighted by atomic mass is 35.5. The minimum atomic E-state index is -0.579. The number of benzene rings is 1. The highest BCUT2D eigenvalue weighted by molar-refractivity contribution is 6.31. The molecule has 1 fully saturated rings. The number of amides is 2. The second-order valence-corrected chi connectivity index (χ2v) is 7.50. The zero-order chi connectivity index (χ0) is 18.4. The lowest BCUT2D eigenvalue weighted by Crippen LogP contribution is -2.45. The molecule has 2 aromatic rings. The molecule has 1 aromatic heterocycles. The fraction of sp³-hybridized carbons (Fsp3) is 0.444. The molecule has 0 saturated heterocycles. The Balaban J connectivity index is 1.53. The first kappa shape index (κ1) is 17.3. The third kappa shape index (κ3) is 3.17. The zero-order valence-corrected chi connectivity index (χ0v) is 15.1. The van der Waals surface area contributed by atoms with Crippen LogP contribution in [0.1, 0.15) is 42.8 Å². The molecule has 1 aliphatic heterocycles. The molecule has 3 N–H and O–H groups in total. The lowest BCUT2D eigenvalue weighted by Gasteiger charge is -2.33. The first-order valence-corrected chi connectivity index (χ1v) is 9.08. The zero-order valence-electron chi connectivity index (χ0n) is 14.3. The van der Waals surface area contributed by atoms with Gasteiger partial charge in [-0.3, -0.25) is 5.10 Å². The molecule has 26 heavy (non-hydrogen) atoms. The van der Waals surface area contributed by atoms with Gasteiger partial charge in [-0.25, -0.2) is 9.18 Å². The molecule has 0 bridgehead atoms. The van der Waals surface area contributed by atoms with E-state index in [1.807, 2.05) is 6.92 Å². The van der Waals surface area contributed by atoms with Crippen LogP contribution in [0.15, 0.2) is 18.2 Å². The molecule has 1 saturated carbocycles. The first-order valence-electron chi connectivity index (χ1n) is 8.70. The van der Waals surface area contributed by atoms with E-state index in [1.165, 1.54) is 18.2 Å². The van der Waals surface area contributed by atoms with Gasteiger partial charge in [-0.2, -0.15) is 5.10 Å². The standard InChI is InChI=1S/C18H20ClFN4O2/c1-9-6-15-12(16(23-22-15)17(25)10-2-3-10)8-24(9)18(26)21-11-4-5-14(20)13(19)7-11/h4-5,7,9-10,17,25H,2-3,6,8H2,1H3,(H,21,26)(H,22,23). The summed E-state index contributed by atoms with van der Waals surface area (Å²) < 4.78 is 13.3. The number of hydrogen-bond acceptors (Lipinski definition) is 3. The van der Waals surface area contributed by atoms with E-state index in [0.29, 0.717) is 24.3 Å². The average Bonchev–Trinajstić information content (AvgIpc) is 3.37. The van der Waals surface area contributed by atoms with Gasteiger partial charge in [0.2, 0.25) is 0 Å². The van der Waals surface area contributed by atoms with Crippen molar-refractivity contribution in [2.24, 2.45) is 5.92 Å². The number of anilines is 1. The van der Waals surface area contributed by atoms with Crippen LogP contribution in [-0.2, 0) is 13.0 Å². The number of aliphatic hydroxyl groups excluding tert-OH is 1. The molecule has 2 heterocycles. The van der Waals surface area contributed by atoms with E-state index in [1.54, 1.807) is 4.90 Å².